The quantitative estimate of drug-likeness (QED) is 0.314. The Labute approximate surface area is 109 Å². The Morgan fingerprint density at radius 3 is 2.33 bits per heavy atom. The van der Waals surface area contributed by atoms with Crippen LogP contribution >= 0.6 is 0 Å². The smallest absolute Gasteiger partial charge is 0.314 e. The zero-order chi connectivity index (χ0) is 13.5. The lowest BCUT2D eigenvalue weighted by Crippen LogP contribution is -2.52. The second-order valence-corrected chi connectivity index (χ2v) is 3.76. The molecule has 0 spiro atoms. The van der Waals surface area contributed by atoms with Gasteiger partial charge in [0.25, 0.3) is 0 Å². The van der Waals surface area contributed by atoms with Crippen molar-refractivity contribution in [1.29, 1.82) is 0 Å². The van der Waals surface area contributed by atoms with Gasteiger partial charge in [0.2, 0.25) is 0 Å². The fraction of sp³-hybridized carbons (Fsp3) is 0.909. The number of hydrogen-bond acceptors (Lipinski definition) is 4. The van der Waals surface area contributed by atoms with Gasteiger partial charge in [-0.1, -0.05) is 0 Å². The third-order valence-electron chi connectivity index (χ3n) is 2.11. The van der Waals surface area contributed by atoms with Gasteiger partial charge in [-0.05, 0) is 19.4 Å². The number of nitrogens with one attached hydrogen (secondary N) is 2. The molecule has 0 aromatic rings. The van der Waals surface area contributed by atoms with Crippen LogP contribution < -0.4 is 22.1 Å². The van der Waals surface area contributed by atoms with Crippen LogP contribution in [0.1, 0.15) is 12.8 Å². The number of unbranched alkanes of at least 4 members (excludes halogenated alkanes) is 1. The molecule has 0 saturated heterocycles. The molecular formula is C11H27N4O3+. The molecule has 0 bridgehead atoms. The van der Waals surface area contributed by atoms with E-state index in [1.807, 2.05) is 0 Å². The normalized spacial score (nSPS) is 10.3. The van der Waals surface area contributed by atoms with Crippen molar-refractivity contribution in [2.24, 2.45) is 5.73 Å². The van der Waals surface area contributed by atoms with Gasteiger partial charge in [0.1, 0.15) is 0 Å². The lowest BCUT2D eigenvalue weighted by molar-refractivity contribution is -0.374. The Hall–Kier alpha value is -0.890. The van der Waals surface area contributed by atoms with Gasteiger partial charge in [0.15, 0.2) is 0 Å². The molecule has 0 saturated carbocycles. The van der Waals surface area contributed by atoms with E-state index in [0.29, 0.717) is 46.1 Å². The fourth-order valence-corrected chi connectivity index (χ4v) is 1.19. The number of carbonyl (C=O) groups excluding carboxylic acids is 1. The molecule has 7 heteroatoms. The van der Waals surface area contributed by atoms with Crippen LogP contribution in [0.25, 0.3) is 0 Å². The van der Waals surface area contributed by atoms with Gasteiger partial charge in [0.05, 0.1) is 33.0 Å². The first-order chi connectivity index (χ1) is 8.81. The highest BCUT2D eigenvalue weighted by Crippen LogP contribution is 1.82. The summed E-state index contributed by atoms with van der Waals surface area (Å²) in [5.74, 6) is 0. The summed E-state index contributed by atoms with van der Waals surface area (Å²) in [6, 6.07) is -0.163. The topological polar surface area (TPSA) is 113 Å². The van der Waals surface area contributed by atoms with Crippen LogP contribution in [0.15, 0.2) is 0 Å². The molecular weight excluding hydrogens is 236 g/mol. The predicted octanol–water partition coefficient (Wildman–Crippen LogP) is -1.70. The Bertz CT molecular complexity index is 193. The van der Waals surface area contributed by atoms with E-state index in [1.54, 1.807) is 0 Å². The van der Waals surface area contributed by atoms with Gasteiger partial charge in [-0.2, -0.15) is 0 Å². The number of hydrogen-bond donors (Lipinski definition) is 4. The summed E-state index contributed by atoms with van der Waals surface area (Å²) in [6.07, 6.45) is 1.83. The van der Waals surface area contributed by atoms with E-state index in [9.17, 15) is 4.79 Å². The van der Waals surface area contributed by atoms with Gasteiger partial charge in [-0.3, -0.25) is 0 Å². The summed E-state index contributed by atoms with van der Waals surface area (Å²) in [6.45, 7) is 4.84. The average Bonchev–Trinajstić information content (AvgIpc) is 2.38. The first-order valence-electron chi connectivity index (χ1n) is 6.47. The standard InChI is InChI=1S/C11H26N4O3/c12-3-1-2-5-14-11(16)15-6-8-18-10-9-17-7-4-13/h1-10,12-13H2,(H2,14,15,16)/p+1. The van der Waals surface area contributed by atoms with Gasteiger partial charge in [-0.25, -0.2) is 4.79 Å². The van der Waals surface area contributed by atoms with Crippen LogP contribution in [0.2, 0.25) is 0 Å². The molecule has 0 rings (SSSR count). The lowest BCUT2D eigenvalue weighted by Gasteiger charge is -2.08. The molecule has 0 aliphatic carbocycles. The van der Waals surface area contributed by atoms with E-state index in [0.717, 1.165) is 19.4 Å². The van der Waals surface area contributed by atoms with Crippen molar-refractivity contribution in [2.45, 2.75) is 12.8 Å². The Kier molecular flexibility index (Phi) is 13.5. The Balaban J connectivity index is 3.10. The first-order valence-corrected chi connectivity index (χ1v) is 6.47. The largest absolute Gasteiger partial charge is 0.377 e. The molecule has 0 unspecified atom stereocenters. The summed E-state index contributed by atoms with van der Waals surface area (Å²) in [4.78, 5) is 11.2. The zero-order valence-corrected chi connectivity index (χ0v) is 11.1. The van der Waals surface area contributed by atoms with Gasteiger partial charge in [0, 0.05) is 13.1 Å². The SMILES string of the molecule is NCCCCNC(=O)NCCOCCOCC[NH3+]. The second kappa shape index (κ2) is 14.2. The number of amides is 2. The highest BCUT2D eigenvalue weighted by molar-refractivity contribution is 5.73. The second-order valence-electron chi connectivity index (χ2n) is 3.76. The number of carbonyl (C=O) groups is 1. The molecule has 0 fully saturated rings. The van der Waals surface area contributed by atoms with E-state index in [4.69, 9.17) is 15.2 Å². The lowest BCUT2D eigenvalue weighted by atomic mass is 10.3. The molecule has 0 aliphatic rings. The van der Waals surface area contributed by atoms with Crippen molar-refractivity contribution >= 4 is 6.03 Å². The third kappa shape index (κ3) is 13.2. The highest BCUT2D eigenvalue weighted by atomic mass is 16.5. The van der Waals surface area contributed by atoms with E-state index in [1.165, 1.54) is 0 Å². The highest BCUT2D eigenvalue weighted by Gasteiger charge is 1.97. The molecule has 2 amide bonds. The van der Waals surface area contributed by atoms with Crippen LogP contribution in [0.3, 0.4) is 0 Å². The van der Waals surface area contributed by atoms with Gasteiger partial charge >= 0.3 is 6.03 Å². The Morgan fingerprint density at radius 2 is 1.67 bits per heavy atom. The first kappa shape index (κ1) is 17.1. The maximum absolute atomic E-state index is 11.2. The van der Waals surface area contributed by atoms with Crippen molar-refractivity contribution in [3.05, 3.63) is 0 Å². The van der Waals surface area contributed by atoms with Crippen molar-refractivity contribution in [3.63, 3.8) is 0 Å². The van der Waals surface area contributed by atoms with Crippen molar-refractivity contribution < 1.29 is 20.0 Å². The van der Waals surface area contributed by atoms with E-state index in [-0.39, 0.29) is 6.03 Å². The van der Waals surface area contributed by atoms with Crippen LogP contribution in [-0.4, -0.2) is 58.6 Å². The molecule has 0 aliphatic heterocycles. The number of urea groups is 1. The van der Waals surface area contributed by atoms with Crippen molar-refractivity contribution in [1.82, 2.24) is 10.6 Å². The minimum absolute atomic E-state index is 0.163. The minimum Gasteiger partial charge on any atom is -0.377 e. The van der Waals surface area contributed by atoms with Crippen LogP contribution in [0.5, 0.6) is 0 Å². The van der Waals surface area contributed by atoms with E-state index < -0.39 is 0 Å². The van der Waals surface area contributed by atoms with Crippen LogP contribution in [0, 0.1) is 0 Å². The average molecular weight is 263 g/mol. The number of ether oxygens (including phenoxy) is 2. The van der Waals surface area contributed by atoms with Gasteiger partial charge in [-0.15, -0.1) is 0 Å². The molecule has 7 nitrogen and oxygen atoms in total. The molecule has 0 radical (unpaired) electrons. The molecule has 108 valence electrons. The fourth-order valence-electron chi connectivity index (χ4n) is 1.19. The van der Waals surface area contributed by atoms with E-state index >= 15 is 0 Å². The summed E-state index contributed by atoms with van der Waals surface area (Å²) < 4.78 is 10.5. The molecule has 18 heavy (non-hydrogen) atoms. The van der Waals surface area contributed by atoms with Crippen molar-refractivity contribution in [2.75, 3.05) is 52.6 Å². The van der Waals surface area contributed by atoms with Crippen LogP contribution in [0.4, 0.5) is 4.79 Å². The maximum atomic E-state index is 11.2. The molecule has 7 N–H and O–H groups in total. The monoisotopic (exact) mass is 263 g/mol. The molecule has 0 heterocycles. The minimum atomic E-state index is -0.163. The Morgan fingerprint density at radius 1 is 1.00 bits per heavy atom. The van der Waals surface area contributed by atoms with E-state index in [2.05, 4.69) is 16.4 Å². The predicted molar refractivity (Wildman–Crippen MR) is 69.1 cm³/mol. The number of rotatable bonds is 12. The maximum Gasteiger partial charge on any atom is 0.314 e. The summed E-state index contributed by atoms with van der Waals surface area (Å²) in [5, 5.41) is 5.45. The number of nitrogens with two attached hydrogens (primary N) is 1. The van der Waals surface area contributed by atoms with Gasteiger partial charge < -0.3 is 31.6 Å². The summed E-state index contributed by atoms with van der Waals surface area (Å²) in [5.41, 5.74) is 9.01. The molecule has 0 aromatic heterocycles. The van der Waals surface area contributed by atoms with Crippen molar-refractivity contribution in [3.8, 4) is 0 Å². The zero-order valence-electron chi connectivity index (χ0n) is 11.1. The number of quaternary nitrogens is 1. The van der Waals surface area contributed by atoms with Crippen LogP contribution in [-0.2, 0) is 9.47 Å². The summed E-state index contributed by atoms with van der Waals surface area (Å²) in [7, 11) is 0. The molecule has 0 aromatic carbocycles. The summed E-state index contributed by atoms with van der Waals surface area (Å²) >= 11 is 0. The molecule has 0 atom stereocenters. The third-order valence-corrected chi connectivity index (χ3v) is 2.11.